The molecule has 0 amide bonds. The zero-order valence-corrected chi connectivity index (χ0v) is 11.0. The lowest BCUT2D eigenvalue weighted by atomic mass is 10.1. The second kappa shape index (κ2) is 4.52. The van der Waals surface area contributed by atoms with E-state index in [0.29, 0.717) is 16.8 Å². The normalized spacial score (nSPS) is 13.0. The maximum atomic E-state index is 12.1. The van der Waals surface area contributed by atoms with E-state index in [1.807, 2.05) is 48.5 Å². The van der Waals surface area contributed by atoms with Crippen molar-refractivity contribution in [2.24, 2.45) is 0 Å². The third kappa shape index (κ3) is 1.97. The van der Waals surface area contributed by atoms with E-state index < -0.39 is 5.63 Å². The van der Waals surface area contributed by atoms with Crippen LogP contribution in [0.1, 0.15) is 11.1 Å². The lowest BCUT2D eigenvalue weighted by Crippen LogP contribution is -2.23. The van der Waals surface area contributed by atoms with Gasteiger partial charge in [0.15, 0.2) is 5.75 Å². The molecule has 4 nitrogen and oxygen atoms in total. The van der Waals surface area contributed by atoms with Crippen LogP contribution in [0.4, 0.5) is 0 Å². The molecule has 0 fully saturated rings. The van der Waals surface area contributed by atoms with E-state index in [1.54, 1.807) is 12.1 Å². The van der Waals surface area contributed by atoms with Gasteiger partial charge in [-0.25, -0.2) is 10.3 Å². The third-order valence-electron chi connectivity index (χ3n) is 3.42. The Morgan fingerprint density at radius 2 is 1.76 bits per heavy atom. The van der Waals surface area contributed by atoms with E-state index in [2.05, 4.69) is 5.48 Å². The van der Waals surface area contributed by atoms with Crippen molar-refractivity contribution in [1.29, 1.82) is 0 Å². The van der Waals surface area contributed by atoms with E-state index in [1.165, 1.54) is 0 Å². The Morgan fingerprint density at radius 1 is 0.952 bits per heavy atom. The lowest BCUT2D eigenvalue weighted by Gasteiger charge is -2.18. The van der Waals surface area contributed by atoms with Crippen LogP contribution < -0.4 is 15.9 Å². The van der Waals surface area contributed by atoms with Gasteiger partial charge < -0.3 is 9.25 Å². The Morgan fingerprint density at radius 3 is 2.71 bits per heavy atom. The average molecular weight is 277 g/mol. The maximum absolute atomic E-state index is 12.1. The predicted molar refractivity (Wildman–Crippen MR) is 80.6 cm³/mol. The van der Waals surface area contributed by atoms with E-state index in [0.717, 1.165) is 16.7 Å². The van der Waals surface area contributed by atoms with Crippen LogP contribution in [0.2, 0.25) is 0 Å². The monoisotopic (exact) mass is 277 g/mol. The molecule has 1 aliphatic heterocycles. The van der Waals surface area contributed by atoms with Crippen molar-refractivity contribution in [3.8, 4) is 5.75 Å². The molecule has 0 aliphatic carbocycles. The van der Waals surface area contributed by atoms with Gasteiger partial charge in [0.1, 0.15) is 5.58 Å². The highest BCUT2D eigenvalue weighted by Gasteiger charge is 2.16. The average Bonchev–Trinajstić information content (AvgIpc) is 2.54. The van der Waals surface area contributed by atoms with Gasteiger partial charge in [-0.15, -0.1) is 0 Å². The van der Waals surface area contributed by atoms with Crippen LogP contribution in [-0.2, 0) is 0 Å². The summed E-state index contributed by atoms with van der Waals surface area (Å²) in [6, 6.07) is 16.8. The molecule has 4 rings (SSSR count). The molecule has 0 saturated carbocycles. The second-order valence-electron chi connectivity index (χ2n) is 4.79. The predicted octanol–water partition coefficient (Wildman–Crippen LogP) is 3.19. The minimum atomic E-state index is -0.393. The van der Waals surface area contributed by atoms with Crippen molar-refractivity contribution in [2.75, 3.05) is 0 Å². The van der Waals surface area contributed by atoms with Crippen molar-refractivity contribution in [1.82, 2.24) is 5.48 Å². The van der Waals surface area contributed by atoms with Crippen LogP contribution in [0.15, 0.2) is 63.8 Å². The molecule has 0 unspecified atom stereocenters. The zero-order valence-electron chi connectivity index (χ0n) is 11.0. The minimum absolute atomic E-state index is 0.393. The number of rotatable bonds is 1. The third-order valence-corrected chi connectivity index (χ3v) is 3.42. The van der Waals surface area contributed by atoms with Crippen LogP contribution in [0.3, 0.4) is 0 Å². The van der Waals surface area contributed by atoms with Gasteiger partial charge in [-0.05, 0) is 24.3 Å². The van der Waals surface area contributed by atoms with Gasteiger partial charge in [0, 0.05) is 10.9 Å². The zero-order chi connectivity index (χ0) is 14.2. The molecule has 3 aromatic rings. The standard InChI is InChI=1S/C17H11NO3/c19-17-13(9-11-5-1-3-7-15(11)20-17)14-10-12-6-2-4-8-16(12)21-18-14/h1-10,18H. The van der Waals surface area contributed by atoms with Crippen LogP contribution in [0, 0.1) is 0 Å². The molecule has 1 aromatic heterocycles. The summed E-state index contributed by atoms with van der Waals surface area (Å²) in [4.78, 5) is 17.6. The van der Waals surface area contributed by atoms with Gasteiger partial charge in [0.25, 0.3) is 0 Å². The topological polar surface area (TPSA) is 51.5 Å². The summed E-state index contributed by atoms with van der Waals surface area (Å²) in [5.41, 5.74) is 4.93. The quantitative estimate of drug-likeness (QED) is 0.694. The first kappa shape index (κ1) is 11.8. The number of nitrogens with one attached hydrogen (secondary N) is 1. The first-order chi connectivity index (χ1) is 10.3. The fraction of sp³-hybridized carbons (Fsp3) is 0. The Bertz CT molecular complexity index is 924. The Labute approximate surface area is 120 Å². The summed E-state index contributed by atoms with van der Waals surface area (Å²) in [5.74, 6) is 0.728. The molecule has 4 heteroatoms. The molecular weight excluding hydrogens is 266 g/mol. The van der Waals surface area contributed by atoms with Crippen LogP contribution in [-0.4, -0.2) is 0 Å². The highest BCUT2D eigenvalue weighted by Crippen LogP contribution is 2.27. The SMILES string of the molecule is O=c1oc2ccccc2cc1C1=Cc2ccccc2ON1. The number of para-hydroxylation sites is 2. The van der Waals surface area contributed by atoms with Gasteiger partial charge in [-0.1, -0.05) is 36.4 Å². The lowest BCUT2D eigenvalue weighted by molar-refractivity contribution is 0.249. The Hall–Kier alpha value is -3.01. The summed E-state index contributed by atoms with van der Waals surface area (Å²) in [5, 5.41) is 0.869. The fourth-order valence-electron chi connectivity index (χ4n) is 2.37. The highest BCUT2D eigenvalue weighted by atomic mass is 16.6. The van der Waals surface area contributed by atoms with E-state index in [9.17, 15) is 4.79 Å². The number of hydroxylamine groups is 1. The smallest absolute Gasteiger partial charge is 0.345 e. The van der Waals surface area contributed by atoms with E-state index in [4.69, 9.17) is 9.25 Å². The van der Waals surface area contributed by atoms with Crippen molar-refractivity contribution in [3.63, 3.8) is 0 Å². The molecule has 0 atom stereocenters. The number of hydrogen-bond acceptors (Lipinski definition) is 4. The van der Waals surface area contributed by atoms with Crippen molar-refractivity contribution in [2.45, 2.75) is 0 Å². The van der Waals surface area contributed by atoms with Crippen molar-refractivity contribution in [3.05, 3.63) is 76.1 Å². The summed E-state index contributed by atoms with van der Waals surface area (Å²) in [6.07, 6.45) is 1.87. The Balaban J connectivity index is 1.90. The Kier molecular flexibility index (Phi) is 2.54. The minimum Gasteiger partial charge on any atom is -0.422 e. The molecule has 0 bridgehead atoms. The summed E-state index contributed by atoms with van der Waals surface area (Å²) in [6.45, 7) is 0. The molecule has 21 heavy (non-hydrogen) atoms. The number of fused-ring (bicyclic) bond motifs is 2. The van der Waals surface area contributed by atoms with Crippen molar-refractivity contribution >= 4 is 22.7 Å². The summed E-state index contributed by atoms with van der Waals surface area (Å²) < 4.78 is 5.34. The molecule has 0 spiro atoms. The van der Waals surface area contributed by atoms with Gasteiger partial charge in [-0.3, -0.25) is 0 Å². The van der Waals surface area contributed by atoms with Gasteiger partial charge in [0.2, 0.25) is 0 Å². The molecule has 2 aromatic carbocycles. The summed E-state index contributed by atoms with van der Waals surface area (Å²) in [7, 11) is 0. The first-order valence-electron chi connectivity index (χ1n) is 6.58. The van der Waals surface area contributed by atoms with Gasteiger partial charge in [0.05, 0.1) is 11.3 Å². The summed E-state index contributed by atoms with van der Waals surface area (Å²) >= 11 is 0. The molecule has 2 heterocycles. The largest absolute Gasteiger partial charge is 0.422 e. The van der Waals surface area contributed by atoms with Gasteiger partial charge in [-0.2, -0.15) is 0 Å². The number of hydrogen-bond donors (Lipinski definition) is 1. The van der Waals surface area contributed by atoms with E-state index >= 15 is 0 Å². The molecular formula is C17H11NO3. The highest BCUT2D eigenvalue weighted by molar-refractivity contribution is 5.86. The van der Waals surface area contributed by atoms with Crippen LogP contribution in [0.5, 0.6) is 5.75 Å². The number of benzene rings is 2. The maximum Gasteiger partial charge on any atom is 0.345 e. The van der Waals surface area contributed by atoms with E-state index in [-0.39, 0.29) is 0 Å². The molecule has 1 aliphatic rings. The molecule has 102 valence electrons. The molecule has 0 saturated heterocycles. The second-order valence-corrected chi connectivity index (χ2v) is 4.79. The first-order valence-corrected chi connectivity index (χ1v) is 6.58. The molecule has 1 N–H and O–H groups in total. The molecule has 0 radical (unpaired) electrons. The van der Waals surface area contributed by atoms with Gasteiger partial charge >= 0.3 is 5.63 Å². The van der Waals surface area contributed by atoms with Crippen molar-refractivity contribution < 1.29 is 9.25 Å². The van der Waals surface area contributed by atoms with Crippen LogP contribution in [0.25, 0.3) is 22.7 Å². The van der Waals surface area contributed by atoms with Crippen LogP contribution >= 0.6 is 0 Å². The fourth-order valence-corrected chi connectivity index (χ4v) is 2.37.